The number of pyridine rings is 4. The first-order valence-corrected chi connectivity index (χ1v) is 34.1. The van der Waals surface area contributed by atoms with Gasteiger partial charge in [-0.15, -0.1) is 0 Å². The smallest absolute Gasteiger partial charge is 0.419 e. The number of nitrogens with zero attached hydrogens (tertiary/aromatic N) is 4. The molecule has 0 aliphatic carbocycles. The Bertz CT molecular complexity index is 5120. The number of amides is 2. The zero-order valence-corrected chi connectivity index (χ0v) is 62.0. The number of nitrogens with one attached hydrogen (secondary N) is 2. The van der Waals surface area contributed by atoms with Crippen molar-refractivity contribution in [3.05, 3.63) is 246 Å². The van der Waals surface area contributed by atoms with Crippen molar-refractivity contribution < 1.29 is 78.4 Å². The molecule has 0 bridgehead atoms. The zero-order valence-electron chi connectivity index (χ0n) is 59.0. The monoisotopic (exact) mass is 1570 g/mol. The number of nitrogen functional groups attached to an aromatic ring is 1. The van der Waals surface area contributed by atoms with E-state index in [0.29, 0.717) is 56.2 Å². The van der Waals surface area contributed by atoms with Crippen molar-refractivity contribution in [2.75, 3.05) is 32.2 Å². The van der Waals surface area contributed by atoms with Crippen LogP contribution in [-0.4, -0.2) is 79.5 Å². The lowest BCUT2D eigenvalue weighted by molar-refractivity contribution is -0.142. The highest BCUT2D eigenvalue weighted by Crippen LogP contribution is 2.35. The van der Waals surface area contributed by atoms with Crippen molar-refractivity contribution in [1.82, 2.24) is 28.9 Å². The van der Waals surface area contributed by atoms with Gasteiger partial charge in [-0.05, 0) is 154 Å². The number of carbonyl (C=O) groups excluding carboxylic acids is 5. The lowest BCUT2D eigenvalue weighted by Gasteiger charge is -2.17. The molecule has 10 rings (SSSR count). The van der Waals surface area contributed by atoms with Gasteiger partial charge in [-0.3, -0.25) is 43.2 Å². The molecule has 0 aliphatic rings. The van der Waals surface area contributed by atoms with E-state index in [2.05, 4.69) is 10.6 Å². The number of hydrogen-bond donors (Lipinski definition) is 4. The lowest BCUT2D eigenvalue weighted by atomic mass is 10.0. The summed E-state index contributed by atoms with van der Waals surface area (Å²) >= 11 is 24.4. The summed E-state index contributed by atoms with van der Waals surface area (Å²) in [5, 5.41) is 18.9. The van der Waals surface area contributed by atoms with Gasteiger partial charge >= 0.3 is 30.3 Å². The Labute approximate surface area is 626 Å². The molecule has 570 valence electrons. The molecule has 0 unspecified atom stereocenters. The molecule has 20 nitrogen and oxygen atoms in total. The Hall–Kier alpha value is -10.1. The quantitative estimate of drug-likeness (QED) is 0.0286. The van der Waals surface area contributed by atoms with Crippen molar-refractivity contribution in [3.63, 3.8) is 0 Å². The van der Waals surface area contributed by atoms with E-state index in [4.69, 9.17) is 66.3 Å². The van der Waals surface area contributed by atoms with Crippen molar-refractivity contribution in [2.45, 2.75) is 119 Å². The number of aromatic nitrogens is 4. The van der Waals surface area contributed by atoms with Gasteiger partial charge in [0.15, 0.2) is 0 Å². The minimum absolute atomic E-state index is 0.00690. The average Bonchev–Trinajstić information content (AvgIpc) is 0.792. The SMILES string of the molecule is CC.CC(=O)OC[C@@H](C)n1ccc2c(C(=O)NCc3ccc(C(F)(F)F)c(F)c3)c(Cl)ccc2c1=O.CC(=O)OC[C@@H](C)n1ccc2c(C)c(Cl)ccc2c1=O.CC(=O)OC[C@@H](C)n1ccc2c(N)c(Cl)ccc2c1=O.C[C@H](CO)n1ccc2c(C(=O)NCc3ccc(C(F)(F)F)c(F)c3)c(Cl)ccc2c1=O. The van der Waals surface area contributed by atoms with Crippen LogP contribution in [0.3, 0.4) is 0 Å². The zero-order chi connectivity index (χ0) is 79.9. The number of esters is 3. The number of ether oxygens (including phenoxy) is 3. The molecule has 4 atom stereocenters. The van der Waals surface area contributed by atoms with Gasteiger partial charge in [0.25, 0.3) is 34.1 Å². The molecule has 0 saturated carbocycles. The van der Waals surface area contributed by atoms with Crippen LogP contribution in [0.25, 0.3) is 43.1 Å². The fourth-order valence-electron chi connectivity index (χ4n) is 10.7. The number of aliphatic hydroxyl groups is 1. The van der Waals surface area contributed by atoms with Crippen LogP contribution in [0.4, 0.5) is 40.8 Å². The third-order valence-electron chi connectivity index (χ3n) is 16.3. The maximum absolute atomic E-state index is 13.8. The Morgan fingerprint density at radius 1 is 0.449 bits per heavy atom. The number of fused-ring (bicyclic) bond motifs is 4. The van der Waals surface area contributed by atoms with Crippen molar-refractivity contribution in [2.24, 2.45) is 0 Å². The predicted octanol–water partition coefficient (Wildman–Crippen LogP) is 15.6. The molecule has 5 N–H and O–H groups in total. The Morgan fingerprint density at radius 2 is 0.748 bits per heavy atom. The topological polar surface area (TPSA) is 271 Å². The largest absolute Gasteiger partial charge is 0.464 e. The van der Waals surface area contributed by atoms with E-state index in [1.807, 2.05) is 33.8 Å². The summed E-state index contributed by atoms with van der Waals surface area (Å²) in [6.45, 7) is 16.3. The summed E-state index contributed by atoms with van der Waals surface area (Å²) < 4.78 is 124. The third-order valence-corrected chi connectivity index (χ3v) is 17.7. The van der Waals surface area contributed by atoms with Gasteiger partial charge in [0.2, 0.25) is 0 Å². The van der Waals surface area contributed by atoms with Gasteiger partial charge in [0, 0.05) is 101 Å². The fraction of sp³-hybridized carbons (Fsp3) is 0.293. The van der Waals surface area contributed by atoms with E-state index in [1.165, 1.54) is 83.3 Å². The summed E-state index contributed by atoms with van der Waals surface area (Å²) in [7, 11) is 0. The van der Waals surface area contributed by atoms with E-state index in [-0.39, 0.29) is 129 Å². The van der Waals surface area contributed by atoms with Crippen LogP contribution < -0.4 is 38.6 Å². The molecular weight excluding hydrogens is 1500 g/mol. The Kier molecular flexibility index (Phi) is 30.0. The van der Waals surface area contributed by atoms with Crippen LogP contribution >= 0.6 is 46.4 Å². The van der Waals surface area contributed by atoms with Gasteiger partial charge in [-0.25, -0.2) is 8.78 Å². The number of alkyl halides is 6. The number of hydrogen-bond acceptors (Lipinski definition) is 14. The number of rotatable bonds is 17. The molecule has 0 spiro atoms. The molecule has 6 aromatic carbocycles. The second-order valence-corrected chi connectivity index (χ2v) is 25.5. The van der Waals surface area contributed by atoms with Crippen LogP contribution in [0, 0.1) is 18.6 Å². The number of carbonyl (C=O) groups is 5. The van der Waals surface area contributed by atoms with Crippen molar-refractivity contribution in [1.29, 1.82) is 0 Å². The first-order chi connectivity index (χ1) is 50.3. The Balaban J connectivity index is 0.000000227. The summed E-state index contributed by atoms with van der Waals surface area (Å²) in [5.74, 6) is -5.48. The molecule has 2 amide bonds. The van der Waals surface area contributed by atoms with E-state index >= 15 is 0 Å². The maximum atomic E-state index is 13.8. The average molecular weight is 1570 g/mol. The third kappa shape index (κ3) is 21.4. The van der Waals surface area contributed by atoms with E-state index in [1.54, 1.807) is 68.1 Å². The van der Waals surface area contributed by atoms with E-state index < -0.39 is 76.1 Å². The Morgan fingerprint density at radius 3 is 1.07 bits per heavy atom. The highest BCUT2D eigenvalue weighted by Gasteiger charge is 2.35. The number of halogens is 12. The summed E-state index contributed by atoms with van der Waals surface area (Å²) in [6, 6.07) is 22.3. The number of nitrogens with two attached hydrogens (primary N) is 1. The molecule has 0 fully saturated rings. The molecule has 0 radical (unpaired) electrons. The first-order valence-electron chi connectivity index (χ1n) is 32.6. The molecule has 4 aromatic heterocycles. The number of anilines is 1. The minimum Gasteiger partial charge on any atom is -0.464 e. The van der Waals surface area contributed by atoms with Crippen molar-refractivity contribution >= 4 is 125 Å². The lowest BCUT2D eigenvalue weighted by Crippen LogP contribution is -2.27. The highest BCUT2D eigenvalue weighted by molar-refractivity contribution is 6.36. The molecular formula is C75H73Cl4F8N7O13. The van der Waals surface area contributed by atoms with Gasteiger partial charge in [0.1, 0.15) is 31.5 Å². The van der Waals surface area contributed by atoms with Crippen LogP contribution in [0.15, 0.2) is 153 Å². The van der Waals surface area contributed by atoms with E-state index in [0.717, 1.165) is 23.1 Å². The maximum Gasteiger partial charge on any atom is 0.419 e. The highest BCUT2D eigenvalue weighted by atomic mass is 35.5. The molecule has 4 heterocycles. The molecule has 107 heavy (non-hydrogen) atoms. The van der Waals surface area contributed by atoms with Crippen molar-refractivity contribution in [3.8, 4) is 0 Å². The minimum atomic E-state index is -4.83. The van der Waals surface area contributed by atoms with Crippen LogP contribution in [0.5, 0.6) is 0 Å². The second kappa shape index (κ2) is 37.4. The molecule has 32 heteroatoms. The second-order valence-electron chi connectivity index (χ2n) is 23.9. The number of benzene rings is 6. The first kappa shape index (κ1) is 85.8. The van der Waals surface area contributed by atoms with Crippen LogP contribution in [0.2, 0.25) is 20.1 Å². The molecule has 0 saturated heterocycles. The van der Waals surface area contributed by atoms with Gasteiger partial charge in [0.05, 0.1) is 73.8 Å². The van der Waals surface area contributed by atoms with Gasteiger partial charge in [-0.1, -0.05) is 72.4 Å². The van der Waals surface area contributed by atoms with Gasteiger partial charge < -0.3 is 54.0 Å². The molecule has 0 aliphatic heterocycles. The number of aryl methyl sites for hydroxylation is 1. The predicted molar refractivity (Wildman–Crippen MR) is 394 cm³/mol. The van der Waals surface area contributed by atoms with Gasteiger partial charge in [-0.2, -0.15) is 26.3 Å². The van der Waals surface area contributed by atoms with Crippen LogP contribution in [0.1, 0.15) is 135 Å². The van der Waals surface area contributed by atoms with E-state index in [9.17, 15) is 83.4 Å². The standard InChI is InChI=1S/C23H19ClF4N2O4.C21H17ClF4N2O3.C15H16ClNO3.C14H15ClN2O3.C2H6/c1-12(11-34-13(2)31)30-8-7-15-16(22(30)33)4-6-18(24)20(15)21(32)29-10-14-3-5-17(19(25)9-14)23(26,27)28;1-11(10-29)28-7-6-13-14(20(28)31)3-5-16(22)18(13)19(30)27-9-12-2-4-15(17(23)8-12)21(24,25)26;1-9(8-20-11(3)18)17-7-6-12-10(2)14(16)5-4-13(12)15(17)19;1-8(7-20-9(2)18)17-6-5-10-11(14(17)19)3-4-12(15)13(10)16;1-2/h3-9,12H,10-11H2,1-2H3,(H,29,32);2-8,11,29H,9-10H2,1H3,(H,27,30);4-7,9H,8H2,1-3H3;3-6,8H,7,16H2,1-2H3;1-2H3/t12-;11-;9-;8-;/m1111./s1. The summed E-state index contributed by atoms with van der Waals surface area (Å²) in [6.07, 6.45) is -3.43. The normalized spacial score (nSPS) is 12.3. The number of aliphatic hydroxyl groups excluding tert-OH is 1. The summed E-state index contributed by atoms with van der Waals surface area (Å²) in [5.41, 5.74) is 3.41. The molecule has 10 aromatic rings. The fourth-order valence-corrected chi connectivity index (χ4v) is 11.5. The van der Waals surface area contributed by atoms with Crippen LogP contribution in [-0.2, 0) is 54.0 Å². The summed E-state index contributed by atoms with van der Waals surface area (Å²) in [4.78, 5) is 109.